The van der Waals surface area contributed by atoms with Crippen LogP contribution in [0.5, 0.6) is 0 Å². The van der Waals surface area contributed by atoms with Crippen molar-refractivity contribution in [2.24, 2.45) is 46.2 Å². The lowest BCUT2D eigenvalue weighted by atomic mass is 9.42. The van der Waals surface area contributed by atoms with Crippen molar-refractivity contribution < 1.29 is 34.0 Å². The molecule has 7 fully saturated rings. The lowest BCUT2D eigenvalue weighted by molar-refractivity contribution is -0.324. The smallest absolute Gasteiger partial charge is 0.308 e. The van der Waals surface area contributed by atoms with E-state index in [2.05, 4.69) is 13.8 Å². The van der Waals surface area contributed by atoms with Gasteiger partial charge in [-0.2, -0.15) is 0 Å². The number of carbonyl (C=O) groups is 1. The van der Waals surface area contributed by atoms with E-state index < -0.39 is 30.6 Å². The Balaban J connectivity index is 1.09. The molecule has 7 rings (SSSR count). The van der Waals surface area contributed by atoms with Crippen LogP contribution in [0.15, 0.2) is 0 Å². The summed E-state index contributed by atoms with van der Waals surface area (Å²) in [7, 11) is 0. The van der Waals surface area contributed by atoms with Crippen molar-refractivity contribution in [1.82, 2.24) is 0 Å². The number of rotatable bonds is 2. The summed E-state index contributed by atoms with van der Waals surface area (Å²) in [5.74, 6) is 2.36. The fourth-order valence-corrected chi connectivity index (χ4v) is 10.9. The molecule has 37 heavy (non-hydrogen) atoms. The first kappa shape index (κ1) is 25.2. The predicted molar refractivity (Wildman–Crippen MR) is 133 cm³/mol. The van der Waals surface area contributed by atoms with Crippen molar-refractivity contribution in [2.75, 3.05) is 0 Å². The second-order valence-corrected chi connectivity index (χ2v) is 14.1. The highest BCUT2D eigenvalue weighted by Crippen LogP contribution is 2.74. The van der Waals surface area contributed by atoms with E-state index in [1.807, 2.05) is 0 Å². The molecular weight excluding hydrogens is 474 g/mol. The average Bonchev–Trinajstić information content (AvgIpc) is 3.32. The Bertz CT molecular complexity index is 947. The molecule has 0 unspecified atom stereocenters. The number of nitrogens with two attached hydrogens (primary N) is 1. The number of ether oxygens (including phenoxy) is 4. The highest BCUT2D eigenvalue weighted by molar-refractivity contribution is 5.72. The molecule has 8 heteroatoms. The maximum absolute atomic E-state index is 12.2. The highest BCUT2D eigenvalue weighted by atomic mass is 16.7. The first-order valence-electron chi connectivity index (χ1n) is 14.9. The first-order chi connectivity index (χ1) is 17.6. The molecular formula is C29H45NO7. The normalized spacial score (nSPS) is 60.6. The van der Waals surface area contributed by atoms with E-state index in [4.69, 9.17) is 24.7 Å². The van der Waals surface area contributed by atoms with Gasteiger partial charge in [0.1, 0.15) is 6.10 Å². The number of aliphatic hydroxyl groups excluding tert-OH is 2. The second kappa shape index (κ2) is 8.37. The molecule has 15 atom stereocenters. The number of hydrogen-bond acceptors (Lipinski definition) is 8. The molecule has 0 aromatic heterocycles. The zero-order chi connectivity index (χ0) is 25.9. The van der Waals surface area contributed by atoms with Crippen molar-refractivity contribution in [2.45, 2.75) is 134 Å². The molecule has 4 aliphatic carbocycles. The third-order valence-corrected chi connectivity index (χ3v) is 12.9. The second-order valence-electron chi connectivity index (χ2n) is 14.1. The van der Waals surface area contributed by atoms with Crippen LogP contribution in [0.2, 0.25) is 0 Å². The Morgan fingerprint density at radius 1 is 0.973 bits per heavy atom. The zero-order valence-corrected chi connectivity index (χ0v) is 22.5. The number of fused-ring (bicyclic) bond motifs is 5. The molecule has 0 aromatic rings. The number of aliphatic hydroxyl groups is 2. The summed E-state index contributed by atoms with van der Waals surface area (Å²) in [5.41, 5.74) is 6.25. The van der Waals surface area contributed by atoms with Crippen LogP contribution in [0.3, 0.4) is 0 Å². The quantitative estimate of drug-likeness (QED) is 0.376. The Hall–Kier alpha value is -0.770. The van der Waals surface area contributed by atoms with Gasteiger partial charge in [0.05, 0.1) is 36.4 Å². The lowest BCUT2D eigenvalue weighted by Gasteiger charge is -2.67. The van der Waals surface area contributed by atoms with E-state index in [9.17, 15) is 15.0 Å². The van der Waals surface area contributed by atoms with E-state index in [-0.39, 0.29) is 40.7 Å². The van der Waals surface area contributed by atoms with Crippen molar-refractivity contribution in [3.63, 3.8) is 0 Å². The zero-order valence-electron chi connectivity index (χ0n) is 22.5. The summed E-state index contributed by atoms with van der Waals surface area (Å²) in [6, 6.07) is -0.765. The molecule has 3 heterocycles. The van der Waals surface area contributed by atoms with Crippen LogP contribution in [-0.4, -0.2) is 64.8 Å². The molecule has 0 aromatic carbocycles. The largest absolute Gasteiger partial charge is 0.435 e. The standard InChI is InChI=1S/C29H45NO7/c1-14-23(32)22(30)24(33)26(34-14)35-16-6-9-27(2)15(12-16)4-5-20-19(27)7-10-28(3)18-8-11-29(20,28)37-25-17(18)13-21(31)36-25/h14-20,22-26,32-33H,4-13,30H2,1-3H3/t14-,15+,16-,17-,18+,19-,20+,22+,23-,24+,25+,26-,27-,28+,29-/m0/s1. The van der Waals surface area contributed by atoms with Crippen LogP contribution in [-0.2, 0) is 23.7 Å². The Morgan fingerprint density at radius 3 is 2.57 bits per heavy atom. The summed E-state index contributed by atoms with van der Waals surface area (Å²) in [6.45, 7) is 6.76. The van der Waals surface area contributed by atoms with Gasteiger partial charge in [-0.05, 0) is 93.8 Å². The fourth-order valence-electron chi connectivity index (χ4n) is 10.9. The Morgan fingerprint density at radius 2 is 1.76 bits per heavy atom. The van der Waals surface area contributed by atoms with Gasteiger partial charge in [-0.3, -0.25) is 4.79 Å². The third kappa shape index (κ3) is 3.32. The maximum Gasteiger partial charge on any atom is 0.308 e. The highest BCUT2D eigenvalue weighted by Gasteiger charge is 2.73. The predicted octanol–water partition coefficient (Wildman–Crippen LogP) is 2.87. The maximum atomic E-state index is 12.2. The Labute approximate surface area is 219 Å². The molecule has 208 valence electrons. The van der Waals surface area contributed by atoms with Crippen LogP contribution in [0.4, 0.5) is 0 Å². The van der Waals surface area contributed by atoms with E-state index in [1.165, 1.54) is 12.8 Å². The van der Waals surface area contributed by atoms with Gasteiger partial charge in [0.15, 0.2) is 6.29 Å². The molecule has 8 nitrogen and oxygen atoms in total. The van der Waals surface area contributed by atoms with Gasteiger partial charge < -0.3 is 34.9 Å². The topological polar surface area (TPSA) is 120 Å². The van der Waals surface area contributed by atoms with Gasteiger partial charge in [0, 0.05) is 11.3 Å². The van der Waals surface area contributed by atoms with E-state index in [0.717, 1.165) is 44.9 Å². The summed E-state index contributed by atoms with van der Waals surface area (Å²) in [4.78, 5) is 12.2. The summed E-state index contributed by atoms with van der Waals surface area (Å²) >= 11 is 0. The van der Waals surface area contributed by atoms with Gasteiger partial charge in [0.25, 0.3) is 0 Å². The van der Waals surface area contributed by atoms with Crippen molar-refractivity contribution >= 4 is 5.97 Å². The number of carbonyl (C=O) groups excluding carboxylic acids is 1. The van der Waals surface area contributed by atoms with E-state index >= 15 is 0 Å². The van der Waals surface area contributed by atoms with Gasteiger partial charge >= 0.3 is 5.97 Å². The monoisotopic (exact) mass is 519 g/mol. The summed E-state index contributed by atoms with van der Waals surface area (Å²) in [6.07, 6.45) is 7.02. The van der Waals surface area contributed by atoms with Crippen LogP contribution >= 0.6 is 0 Å². The van der Waals surface area contributed by atoms with Crippen molar-refractivity contribution in [3.05, 3.63) is 0 Å². The molecule has 0 amide bonds. The summed E-state index contributed by atoms with van der Waals surface area (Å²) in [5, 5.41) is 20.7. The lowest BCUT2D eigenvalue weighted by Crippen LogP contribution is -2.67. The minimum atomic E-state index is -1.03. The average molecular weight is 520 g/mol. The number of hydrogen-bond donors (Lipinski definition) is 3. The molecule has 4 saturated carbocycles. The molecule has 0 radical (unpaired) electrons. The Kier molecular flexibility index (Phi) is 5.70. The van der Waals surface area contributed by atoms with Gasteiger partial charge in [-0.1, -0.05) is 13.8 Å². The van der Waals surface area contributed by atoms with Crippen molar-refractivity contribution in [3.8, 4) is 0 Å². The molecule has 4 N–H and O–H groups in total. The van der Waals surface area contributed by atoms with Gasteiger partial charge in [-0.15, -0.1) is 0 Å². The minimum absolute atomic E-state index is 0.0244. The third-order valence-electron chi connectivity index (χ3n) is 12.9. The number of esters is 1. The van der Waals surface area contributed by atoms with Gasteiger partial charge in [-0.25, -0.2) is 0 Å². The summed E-state index contributed by atoms with van der Waals surface area (Å²) < 4.78 is 24.9. The molecule has 3 aliphatic heterocycles. The van der Waals surface area contributed by atoms with E-state index in [1.54, 1.807) is 6.92 Å². The molecule has 0 spiro atoms. The van der Waals surface area contributed by atoms with Crippen LogP contribution in [0, 0.1) is 40.4 Å². The van der Waals surface area contributed by atoms with Crippen LogP contribution in [0.1, 0.15) is 85.0 Å². The minimum Gasteiger partial charge on any atom is -0.435 e. The molecule has 2 bridgehead atoms. The molecule has 3 saturated heterocycles. The fraction of sp³-hybridized carbons (Fsp3) is 0.966. The van der Waals surface area contributed by atoms with Crippen LogP contribution in [0.25, 0.3) is 0 Å². The van der Waals surface area contributed by atoms with E-state index in [0.29, 0.717) is 30.1 Å². The molecule has 7 aliphatic rings. The van der Waals surface area contributed by atoms with Gasteiger partial charge in [0.2, 0.25) is 6.29 Å². The van der Waals surface area contributed by atoms with Crippen molar-refractivity contribution in [1.29, 1.82) is 0 Å². The first-order valence-corrected chi connectivity index (χ1v) is 14.9. The van der Waals surface area contributed by atoms with Crippen LogP contribution < -0.4 is 5.73 Å². The SMILES string of the molecule is C[C@@H]1O[C@@H](O[C@H]2CC[C@@]3(C)[C@H](CC[C@@H]4[C@@H]3CC[C@]3(C)[C@@H]5CC[C@]43O[C@H]3OC(=O)C[C@H]35)C2)[C@H](O)[C@H](N)[C@H]1O.